The maximum Gasteiger partial charge on any atom is 0.274 e. The van der Waals surface area contributed by atoms with Crippen molar-refractivity contribution in [3.05, 3.63) is 41.0 Å². The van der Waals surface area contributed by atoms with E-state index >= 15 is 0 Å². The number of amides is 1. The third-order valence-corrected chi connectivity index (χ3v) is 7.63. The number of aromatic nitrogens is 2. The maximum atomic E-state index is 14.0. The zero-order chi connectivity index (χ0) is 25.6. The highest BCUT2D eigenvalue weighted by atomic mass is 16.5. The van der Waals surface area contributed by atoms with Gasteiger partial charge in [0.05, 0.1) is 43.3 Å². The van der Waals surface area contributed by atoms with E-state index in [1.165, 1.54) is 11.1 Å². The molecule has 0 radical (unpaired) electrons. The highest BCUT2D eigenvalue weighted by Crippen LogP contribution is 2.41. The summed E-state index contributed by atoms with van der Waals surface area (Å²) in [5, 5.41) is 0. The molecule has 7 nitrogen and oxygen atoms in total. The lowest BCUT2D eigenvalue weighted by atomic mass is 9.90. The van der Waals surface area contributed by atoms with E-state index in [1.54, 1.807) is 7.11 Å². The monoisotopic (exact) mass is 493 g/mol. The minimum atomic E-state index is -0.371. The molecule has 0 spiro atoms. The summed E-state index contributed by atoms with van der Waals surface area (Å²) in [5.41, 5.74) is 4.64. The summed E-state index contributed by atoms with van der Waals surface area (Å²) >= 11 is 0. The third kappa shape index (κ3) is 4.42. The Morgan fingerprint density at radius 1 is 1.19 bits per heavy atom. The van der Waals surface area contributed by atoms with Gasteiger partial charge in [-0.2, -0.15) is 0 Å². The van der Waals surface area contributed by atoms with Crippen LogP contribution >= 0.6 is 0 Å². The fraction of sp³-hybridized carbons (Fsp3) is 0.586. The number of aryl methyl sites for hydroxylation is 1. The summed E-state index contributed by atoms with van der Waals surface area (Å²) in [7, 11) is 1.68. The first-order chi connectivity index (χ1) is 17.2. The number of allylic oxidation sites excluding steroid dienone is 2. The van der Waals surface area contributed by atoms with Gasteiger partial charge in [-0.25, -0.2) is 4.98 Å². The highest BCUT2D eigenvalue weighted by molar-refractivity contribution is 5.95. The molecule has 2 aromatic rings. The maximum absolute atomic E-state index is 14.0. The SMILES string of the molecule is COc1cc2c(cc1OC(C)C)-n1c(C3=CCC(C)CC3)nc(C(=O)N3CCOCC3(C)C)c1CC2. The van der Waals surface area contributed by atoms with E-state index in [4.69, 9.17) is 19.2 Å². The van der Waals surface area contributed by atoms with Gasteiger partial charge >= 0.3 is 0 Å². The van der Waals surface area contributed by atoms with E-state index in [-0.39, 0.29) is 17.6 Å². The molecule has 1 atom stereocenters. The lowest BCUT2D eigenvalue weighted by Crippen LogP contribution is -2.55. The summed E-state index contributed by atoms with van der Waals surface area (Å²) in [4.78, 5) is 21.0. The number of benzene rings is 1. The standard InChI is InChI=1S/C29H39N3O4/c1-18(2)36-25-16-23-21(15-24(25)34-6)11-12-22-26(28(33)31-13-14-35-17-29(31,4)5)30-27(32(22)23)20-9-7-19(3)8-10-20/h9,15-16,18-19H,7-8,10-14,17H2,1-6H3. The number of imidazole rings is 1. The number of carbonyl (C=O) groups excluding carboxylic acids is 1. The van der Waals surface area contributed by atoms with Crippen molar-refractivity contribution in [2.45, 2.75) is 78.4 Å². The van der Waals surface area contributed by atoms with Crippen LogP contribution in [-0.2, 0) is 17.6 Å². The first-order valence-electron chi connectivity index (χ1n) is 13.3. The summed E-state index contributed by atoms with van der Waals surface area (Å²) in [6, 6.07) is 4.16. The second-order valence-corrected chi connectivity index (χ2v) is 11.3. The minimum absolute atomic E-state index is 0.00121. The van der Waals surface area contributed by atoms with Gasteiger partial charge in [0.1, 0.15) is 5.82 Å². The normalized spacial score (nSPS) is 21.0. The van der Waals surface area contributed by atoms with E-state index in [9.17, 15) is 4.79 Å². The average molecular weight is 494 g/mol. The van der Waals surface area contributed by atoms with Crippen LogP contribution < -0.4 is 9.47 Å². The van der Waals surface area contributed by atoms with Crippen LogP contribution in [-0.4, -0.2) is 58.9 Å². The van der Waals surface area contributed by atoms with Crippen LogP contribution in [0.25, 0.3) is 11.3 Å². The number of morpholine rings is 1. The third-order valence-electron chi connectivity index (χ3n) is 7.63. The highest BCUT2D eigenvalue weighted by Gasteiger charge is 2.39. The molecule has 1 saturated heterocycles. The Labute approximate surface area is 214 Å². The number of fused-ring (bicyclic) bond motifs is 3. The van der Waals surface area contributed by atoms with E-state index < -0.39 is 0 Å². The number of nitrogens with zero attached hydrogens (tertiary/aromatic N) is 3. The topological polar surface area (TPSA) is 65.8 Å². The van der Waals surface area contributed by atoms with Crippen LogP contribution in [0.5, 0.6) is 11.5 Å². The molecule has 1 amide bonds. The van der Waals surface area contributed by atoms with Crippen molar-refractivity contribution in [2.24, 2.45) is 5.92 Å². The van der Waals surface area contributed by atoms with Crippen LogP contribution in [0.4, 0.5) is 0 Å². The molecule has 0 N–H and O–H groups in total. The van der Waals surface area contributed by atoms with Crippen LogP contribution in [0.2, 0.25) is 0 Å². The van der Waals surface area contributed by atoms with Crippen molar-refractivity contribution in [2.75, 3.05) is 26.9 Å². The second kappa shape index (κ2) is 9.58. The number of carbonyl (C=O) groups is 1. The van der Waals surface area contributed by atoms with Crippen LogP contribution in [0, 0.1) is 5.92 Å². The summed E-state index contributed by atoms with van der Waals surface area (Å²) in [6.07, 6.45) is 7.05. The number of rotatable bonds is 5. The van der Waals surface area contributed by atoms with Crippen LogP contribution in [0.15, 0.2) is 18.2 Å². The molecule has 36 heavy (non-hydrogen) atoms. The molecule has 1 unspecified atom stereocenters. The molecule has 7 heteroatoms. The summed E-state index contributed by atoms with van der Waals surface area (Å²) < 4.78 is 19.7. The molecule has 1 fully saturated rings. The average Bonchev–Trinajstić information content (AvgIpc) is 3.23. The lowest BCUT2D eigenvalue weighted by Gasteiger charge is -2.41. The smallest absolute Gasteiger partial charge is 0.274 e. The number of ether oxygens (including phenoxy) is 3. The molecule has 5 rings (SSSR count). The Bertz CT molecular complexity index is 1190. The van der Waals surface area contributed by atoms with Crippen molar-refractivity contribution in [1.82, 2.24) is 14.5 Å². The van der Waals surface area contributed by atoms with Gasteiger partial charge in [-0.15, -0.1) is 0 Å². The Balaban J connectivity index is 1.67. The molecular weight excluding hydrogens is 454 g/mol. The summed E-state index contributed by atoms with van der Waals surface area (Å²) in [5.74, 6) is 3.02. The van der Waals surface area contributed by atoms with Gasteiger partial charge in [0, 0.05) is 12.6 Å². The first-order valence-corrected chi connectivity index (χ1v) is 13.3. The Kier molecular flexibility index (Phi) is 6.62. The van der Waals surface area contributed by atoms with Gasteiger partial charge in [0.25, 0.3) is 5.91 Å². The molecule has 1 aliphatic carbocycles. The van der Waals surface area contributed by atoms with Crippen LogP contribution in [0.3, 0.4) is 0 Å². The molecule has 0 bridgehead atoms. The molecular formula is C29H39N3O4. The molecule has 194 valence electrons. The van der Waals surface area contributed by atoms with Crippen molar-refractivity contribution in [3.63, 3.8) is 0 Å². The molecule has 0 saturated carbocycles. The van der Waals surface area contributed by atoms with E-state index in [2.05, 4.69) is 43.5 Å². The predicted molar refractivity (Wildman–Crippen MR) is 140 cm³/mol. The number of hydrogen-bond donors (Lipinski definition) is 0. The second-order valence-electron chi connectivity index (χ2n) is 11.3. The summed E-state index contributed by atoms with van der Waals surface area (Å²) in [6.45, 7) is 12.1. The zero-order valence-corrected chi connectivity index (χ0v) is 22.5. The van der Waals surface area contributed by atoms with E-state index in [1.807, 2.05) is 18.7 Å². The largest absolute Gasteiger partial charge is 0.493 e. The molecule has 3 heterocycles. The Hall–Kier alpha value is -2.80. The van der Waals surface area contributed by atoms with Gasteiger partial charge < -0.3 is 19.1 Å². The first kappa shape index (κ1) is 24.9. The zero-order valence-electron chi connectivity index (χ0n) is 22.5. The van der Waals surface area contributed by atoms with Crippen molar-refractivity contribution in [3.8, 4) is 17.2 Å². The van der Waals surface area contributed by atoms with Crippen molar-refractivity contribution in [1.29, 1.82) is 0 Å². The Morgan fingerprint density at radius 3 is 2.67 bits per heavy atom. The molecule has 2 aliphatic heterocycles. The number of hydrogen-bond acceptors (Lipinski definition) is 5. The quantitative estimate of drug-likeness (QED) is 0.571. The van der Waals surface area contributed by atoms with Gasteiger partial charge in [0.2, 0.25) is 0 Å². The molecule has 3 aliphatic rings. The number of methoxy groups -OCH3 is 1. The van der Waals surface area contributed by atoms with Gasteiger partial charge in [-0.05, 0) is 82.9 Å². The van der Waals surface area contributed by atoms with Crippen molar-refractivity contribution < 1.29 is 19.0 Å². The predicted octanol–water partition coefficient (Wildman–Crippen LogP) is 5.22. The van der Waals surface area contributed by atoms with E-state index in [0.29, 0.717) is 37.1 Å². The molecule has 1 aromatic carbocycles. The van der Waals surface area contributed by atoms with E-state index in [0.717, 1.165) is 55.1 Å². The fourth-order valence-electron chi connectivity index (χ4n) is 5.62. The molecule has 1 aromatic heterocycles. The van der Waals surface area contributed by atoms with Gasteiger partial charge in [-0.3, -0.25) is 9.36 Å². The minimum Gasteiger partial charge on any atom is -0.493 e. The van der Waals surface area contributed by atoms with Crippen molar-refractivity contribution >= 4 is 11.5 Å². The van der Waals surface area contributed by atoms with Gasteiger partial charge in [-0.1, -0.05) is 13.0 Å². The van der Waals surface area contributed by atoms with Crippen LogP contribution in [0.1, 0.15) is 81.5 Å². The Morgan fingerprint density at radius 2 is 2.00 bits per heavy atom. The van der Waals surface area contributed by atoms with Gasteiger partial charge in [0.15, 0.2) is 17.2 Å². The lowest BCUT2D eigenvalue weighted by molar-refractivity contribution is -0.0373. The fourth-order valence-corrected chi connectivity index (χ4v) is 5.62.